The second-order valence-electron chi connectivity index (χ2n) is 5.79. The Kier molecular flexibility index (Phi) is 2.77. The monoisotopic (exact) mass is 301 g/mol. The van der Waals surface area contributed by atoms with Crippen LogP contribution in [0.1, 0.15) is 18.0 Å². The number of rotatable bonds is 2. The van der Waals surface area contributed by atoms with Gasteiger partial charge in [-0.3, -0.25) is 4.90 Å². The number of benzene rings is 1. The predicted molar refractivity (Wildman–Crippen MR) is 74.7 cm³/mol. The van der Waals surface area contributed by atoms with Crippen molar-refractivity contribution >= 4 is 12.1 Å². The number of hydrogen-bond donors (Lipinski definition) is 1. The molecule has 0 aromatic heterocycles. The first-order valence-electron chi connectivity index (χ1n) is 7.22. The van der Waals surface area contributed by atoms with Crippen LogP contribution in [0.3, 0.4) is 0 Å². The van der Waals surface area contributed by atoms with Crippen LogP contribution in [0.5, 0.6) is 0 Å². The highest BCUT2D eigenvalue weighted by molar-refractivity contribution is 5.86. The zero-order valence-corrected chi connectivity index (χ0v) is 11.7. The Morgan fingerprint density at radius 3 is 2.73 bits per heavy atom. The lowest BCUT2D eigenvalue weighted by Gasteiger charge is -2.46. The number of amides is 1. The van der Waals surface area contributed by atoms with Crippen molar-refractivity contribution in [1.29, 1.82) is 0 Å². The van der Waals surface area contributed by atoms with E-state index in [9.17, 15) is 14.7 Å². The van der Waals surface area contributed by atoms with Crippen LogP contribution in [0, 0.1) is 0 Å². The van der Waals surface area contributed by atoms with Gasteiger partial charge in [-0.25, -0.2) is 9.59 Å². The minimum absolute atomic E-state index is 0.207. The van der Waals surface area contributed by atoms with Crippen molar-refractivity contribution < 1.29 is 24.2 Å². The third kappa shape index (κ3) is 1.77. The molecule has 5 rings (SSSR count). The molecule has 1 aliphatic carbocycles. The summed E-state index contributed by atoms with van der Waals surface area (Å²) in [5, 5.41) is 10.7. The van der Waals surface area contributed by atoms with E-state index in [2.05, 4.69) is 0 Å². The molecule has 1 aromatic carbocycles. The molecule has 3 aliphatic heterocycles. The lowest BCUT2D eigenvalue weighted by molar-refractivity contribution is -0.185. The Morgan fingerprint density at radius 2 is 2.00 bits per heavy atom. The number of fused-ring (bicyclic) bond motifs is 2. The van der Waals surface area contributed by atoms with Crippen LogP contribution < -0.4 is 0 Å². The van der Waals surface area contributed by atoms with Gasteiger partial charge in [-0.15, -0.1) is 0 Å². The maximum Gasteiger partial charge on any atom is 0.410 e. The van der Waals surface area contributed by atoms with Gasteiger partial charge in [0.25, 0.3) is 0 Å². The van der Waals surface area contributed by atoms with Gasteiger partial charge in [-0.05, 0) is 17.7 Å². The van der Waals surface area contributed by atoms with Gasteiger partial charge in [0.2, 0.25) is 5.60 Å². The van der Waals surface area contributed by atoms with Gasteiger partial charge in [0, 0.05) is 6.42 Å². The van der Waals surface area contributed by atoms with Crippen molar-refractivity contribution in [2.45, 2.75) is 30.2 Å². The average molecular weight is 301 g/mol. The van der Waals surface area contributed by atoms with E-state index >= 15 is 0 Å². The number of carbonyl (C=O) groups is 2. The summed E-state index contributed by atoms with van der Waals surface area (Å²) in [5.74, 6) is -0.706. The Balaban J connectivity index is 1.73. The van der Waals surface area contributed by atoms with Crippen molar-refractivity contribution in [1.82, 2.24) is 4.90 Å². The first kappa shape index (κ1) is 13.3. The molecule has 6 nitrogen and oxygen atoms in total. The van der Waals surface area contributed by atoms with E-state index in [-0.39, 0.29) is 12.6 Å². The zero-order chi connectivity index (χ0) is 15.3. The smallest absolute Gasteiger partial charge is 0.410 e. The van der Waals surface area contributed by atoms with Gasteiger partial charge < -0.3 is 14.6 Å². The zero-order valence-electron chi connectivity index (χ0n) is 11.7. The lowest BCUT2D eigenvalue weighted by Crippen LogP contribution is -2.64. The Morgan fingerprint density at radius 1 is 1.23 bits per heavy atom. The average Bonchev–Trinajstić information content (AvgIpc) is 2.91. The number of ether oxygens (including phenoxy) is 2. The Bertz CT molecular complexity index is 658. The summed E-state index contributed by atoms with van der Waals surface area (Å²) in [6, 6.07) is 8.46. The van der Waals surface area contributed by atoms with E-state index in [1.54, 1.807) is 6.08 Å². The van der Waals surface area contributed by atoms with Crippen LogP contribution in [-0.4, -0.2) is 46.4 Å². The van der Waals surface area contributed by atoms with Crippen LogP contribution in [0.15, 0.2) is 42.5 Å². The minimum Gasteiger partial charge on any atom is -0.456 e. The van der Waals surface area contributed by atoms with Gasteiger partial charge >= 0.3 is 12.1 Å². The fraction of sp³-hybridized carbons (Fsp3) is 0.375. The third-order valence-corrected chi connectivity index (χ3v) is 4.55. The molecule has 0 saturated carbocycles. The molecule has 114 valence electrons. The summed E-state index contributed by atoms with van der Waals surface area (Å²) in [6.45, 7) is 0.207. The quantitative estimate of drug-likeness (QED) is 0.655. The van der Waals surface area contributed by atoms with Gasteiger partial charge in [0.15, 0.2) is 0 Å². The molecular weight excluding hydrogens is 286 g/mol. The van der Waals surface area contributed by atoms with Crippen LogP contribution in [-0.2, 0) is 14.3 Å². The molecule has 1 aromatic rings. The van der Waals surface area contributed by atoms with Gasteiger partial charge in [-0.2, -0.15) is 0 Å². The van der Waals surface area contributed by atoms with Crippen molar-refractivity contribution in [3.63, 3.8) is 0 Å². The molecular formula is C16H15NO5. The maximum absolute atomic E-state index is 12.2. The summed E-state index contributed by atoms with van der Waals surface area (Å²) in [4.78, 5) is 25.7. The third-order valence-electron chi connectivity index (χ3n) is 4.55. The number of esters is 1. The SMILES string of the molecule is O=C1OC[C@@H](c2ccccc2)N1[C@@H]1CC2C=CC1(O)C(=O)O2. The van der Waals surface area contributed by atoms with Crippen LogP contribution >= 0.6 is 0 Å². The molecule has 2 saturated heterocycles. The van der Waals surface area contributed by atoms with E-state index in [1.165, 1.54) is 11.0 Å². The van der Waals surface area contributed by atoms with E-state index in [4.69, 9.17) is 9.47 Å². The molecule has 2 bridgehead atoms. The molecule has 4 atom stereocenters. The van der Waals surface area contributed by atoms with Gasteiger partial charge in [-0.1, -0.05) is 30.3 Å². The summed E-state index contributed by atoms with van der Waals surface area (Å²) in [5.41, 5.74) is -0.888. The van der Waals surface area contributed by atoms with Crippen molar-refractivity contribution in [2.24, 2.45) is 0 Å². The predicted octanol–water partition coefficient (Wildman–Crippen LogP) is 1.16. The highest BCUT2D eigenvalue weighted by atomic mass is 16.6. The topological polar surface area (TPSA) is 76.1 Å². The molecule has 2 fully saturated rings. The Hall–Kier alpha value is -2.34. The van der Waals surface area contributed by atoms with E-state index in [0.29, 0.717) is 6.42 Å². The number of carbonyl (C=O) groups excluding carboxylic acids is 2. The van der Waals surface area contributed by atoms with Gasteiger partial charge in [0.1, 0.15) is 12.7 Å². The second-order valence-corrected chi connectivity index (χ2v) is 5.79. The maximum atomic E-state index is 12.2. The molecule has 22 heavy (non-hydrogen) atoms. The molecule has 4 aliphatic rings. The highest BCUT2D eigenvalue weighted by Crippen LogP contribution is 2.41. The molecule has 2 unspecified atom stereocenters. The molecule has 3 heterocycles. The highest BCUT2D eigenvalue weighted by Gasteiger charge is 2.58. The molecule has 6 heteroatoms. The number of nitrogens with zero attached hydrogens (tertiary/aromatic N) is 1. The van der Waals surface area contributed by atoms with E-state index < -0.39 is 29.8 Å². The standard InChI is InChI=1S/C16H15NO5/c18-14-16(20)7-6-11(22-14)8-13(16)17-12(9-21-15(17)19)10-4-2-1-3-5-10/h1-7,11-13,20H,8-9H2/t11?,12-,13+,16?/m0/s1. The number of aliphatic hydroxyl groups is 1. The summed E-state index contributed by atoms with van der Waals surface area (Å²) >= 11 is 0. The molecule has 1 N–H and O–H groups in total. The summed E-state index contributed by atoms with van der Waals surface area (Å²) in [6.07, 6.45) is 2.55. The molecule has 1 amide bonds. The Labute approximate surface area is 126 Å². The summed E-state index contributed by atoms with van der Waals surface area (Å²) < 4.78 is 10.3. The molecule has 0 spiro atoms. The van der Waals surface area contributed by atoms with Crippen LogP contribution in [0.2, 0.25) is 0 Å². The number of cyclic esters (lactones) is 1. The van der Waals surface area contributed by atoms with Crippen molar-refractivity contribution in [3.05, 3.63) is 48.0 Å². The second kappa shape index (κ2) is 4.58. The van der Waals surface area contributed by atoms with Crippen molar-refractivity contribution in [2.75, 3.05) is 6.61 Å². The number of hydrogen-bond acceptors (Lipinski definition) is 5. The largest absolute Gasteiger partial charge is 0.456 e. The van der Waals surface area contributed by atoms with Crippen LogP contribution in [0.25, 0.3) is 0 Å². The van der Waals surface area contributed by atoms with Crippen LogP contribution in [0.4, 0.5) is 4.79 Å². The van der Waals surface area contributed by atoms with Crippen molar-refractivity contribution in [3.8, 4) is 0 Å². The van der Waals surface area contributed by atoms with Gasteiger partial charge in [0.05, 0.1) is 12.1 Å². The van der Waals surface area contributed by atoms with E-state index in [1.807, 2.05) is 30.3 Å². The van der Waals surface area contributed by atoms with E-state index in [0.717, 1.165) is 5.56 Å². The fourth-order valence-electron chi connectivity index (χ4n) is 3.40. The normalized spacial score (nSPS) is 36.4. The molecule has 0 radical (unpaired) electrons. The minimum atomic E-state index is -1.80. The lowest BCUT2D eigenvalue weighted by atomic mass is 9.80. The fourth-order valence-corrected chi connectivity index (χ4v) is 3.40. The first-order valence-corrected chi connectivity index (χ1v) is 7.22. The summed E-state index contributed by atoms with van der Waals surface area (Å²) in [7, 11) is 0. The first-order chi connectivity index (χ1) is 10.6.